The number of hydrogen-bond acceptors (Lipinski definition) is 0. The molecule has 0 unspecified atom stereocenters. The van der Waals surface area contributed by atoms with Gasteiger partial charge in [0.1, 0.15) is 0 Å². The lowest BCUT2D eigenvalue weighted by Gasteiger charge is -2.06. The molecule has 0 aliphatic carbocycles. The van der Waals surface area contributed by atoms with Crippen molar-refractivity contribution in [3.8, 4) is 0 Å². The van der Waals surface area contributed by atoms with Gasteiger partial charge in [0, 0.05) is 24.1 Å². The first-order chi connectivity index (χ1) is 14.8. The van der Waals surface area contributed by atoms with E-state index in [-0.39, 0.29) is 0 Å². The lowest BCUT2D eigenvalue weighted by Crippen LogP contribution is -1.82. The van der Waals surface area contributed by atoms with Crippen LogP contribution in [0.4, 0.5) is 0 Å². The zero-order valence-corrected chi connectivity index (χ0v) is 16.4. The Balaban J connectivity index is 1.74. The third-order valence-electron chi connectivity index (χ3n) is 7.73. The first-order valence-electron chi connectivity index (χ1n) is 10.6. The summed E-state index contributed by atoms with van der Waals surface area (Å²) >= 11 is 0. The molecule has 0 fully saturated rings. The second-order valence-electron chi connectivity index (χ2n) is 9.07. The average Bonchev–Trinajstić information content (AvgIpc) is 3.42. The van der Waals surface area contributed by atoms with E-state index in [9.17, 15) is 0 Å². The maximum Gasteiger partial charge on any atom is 0.0484 e. The van der Waals surface area contributed by atoms with Gasteiger partial charge in [0.15, 0.2) is 0 Å². The molecule has 9 aromatic rings. The second kappa shape index (κ2) is 4.20. The van der Waals surface area contributed by atoms with Crippen molar-refractivity contribution in [1.29, 1.82) is 0 Å². The third-order valence-corrected chi connectivity index (χ3v) is 7.73. The lowest BCUT2D eigenvalue weighted by atomic mass is 9.97. The first kappa shape index (κ1) is 14.2. The van der Waals surface area contributed by atoms with Gasteiger partial charge in [0.25, 0.3) is 0 Å². The van der Waals surface area contributed by atoms with E-state index < -0.39 is 0 Å². The topological polar surface area (TPSA) is 4.93 Å². The Bertz CT molecular complexity index is 2070. The van der Waals surface area contributed by atoms with Crippen LogP contribution in [0.1, 0.15) is 0 Å². The lowest BCUT2D eigenvalue weighted by molar-refractivity contribution is 0.970. The molecule has 0 saturated heterocycles. The van der Waals surface area contributed by atoms with Crippen LogP contribution in [0.3, 0.4) is 0 Å². The van der Waals surface area contributed by atoms with Crippen LogP contribution in [0.15, 0.2) is 72.9 Å². The Morgan fingerprint density at radius 1 is 0.433 bits per heavy atom. The van der Waals surface area contributed by atoms with Gasteiger partial charge in [-0.1, -0.05) is 36.4 Å². The maximum absolute atomic E-state index is 2.44. The molecule has 30 heavy (non-hydrogen) atoms. The van der Waals surface area contributed by atoms with E-state index in [4.69, 9.17) is 0 Å². The van der Waals surface area contributed by atoms with Crippen molar-refractivity contribution in [2.45, 2.75) is 0 Å². The minimum atomic E-state index is 1.30. The maximum atomic E-state index is 2.44. The minimum absolute atomic E-state index is 1.30. The highest BCUT2D eigenvalue weighted by Gasteiger charge is 2.24. The summed E-state index contributed by atoms with van der Waals surface area (Å²) in [6.07, 6.45) is 2.16. The molecule has 0 spiro atoms. The van der Waals surface area contributed by atoms with Crippen molar-refractivity contribution in [1.82, 2.24) is 4.57 Å². The minimum Gasteiger partial charge on any atom is -0.351 e. The van der Waals surface area contributed by atoms with Crippen LogP contribution < -0.4 is 0 Å². The first-order valence-corrected chi connectivity index (χ1v) is 10.6. The Kier molecular flexibility index (Phi) is 1.98. The van der Waals surface area contributed by atoms with Gasteiger partial charge in [-0.25, -0.2) is 0 Å². The zero-order valence-electron chi connectivity index (χ0n) is 16.4. The quantitative estimate of drug-likeness (QED) is 0.236. The van der Waals surface area contributed by atoms with Gasteiger partial charge in [-0.3, -0.25) is 0 Å². The molecule has 0 bridgehead atoms. The molecule has 0 N–H and O–H groups in total. The average molecular weight is 377 g/mol. The zero-order chi connectivity index (χ0) is 19.3. The fourth-order valence-electron chi connectivity index (χ4n) is 6.48. The summed E-state index contributed by atoms with van der Waals surface area (Å²) in [5.74, 6) is 0. The monoisotopic (exact) mass is 377 g/mol. The Labute approximate surface area is 171 Å². The predicted octanol–water partition coefficient (Wildman–Crippen LogP) is 8.00. The summed E-state index contributed by atoms with van der Waals surface area (Å²) in [7, 11) is 2.14. The van der Waals surface area contributed by atoms with E-state index in [0.717, 1.165) is 0 Å². The molecule has 1 nitrogen and oxygen atoms in total. The number of hydrogen-bond donors (Lipinski definition) is 0. The number of nitrogens with zero attached hydrogens (tertiary/aromatic N) is 1. The van der Waals surface area contributed by atoms with Gasteiger partial charge in [-0.15, -0.1) is 0 Å². The Morgan fingerprint density at radius 2 is 0.933 bits per heavy atom. The van der Waals surface area contributed by atoms with Crippen LogP contribution >= 0.6 is 0 Å². The van der Waals surface area contributed by atoms with Crippen LogP contribution in [0, 0.1) is 0 Å². The molecular formula is C29H15N. The van der Waals surface area contributed by atoms with E-state index in [2.05, 4.69) is 84.5 Å². The second-order valence-corrected chi connectivity index (χ2v) is 9.07. The highest BCUT2D eigenvalue weighted by Crippen LogP contribution is 2.53. The Morgan fingerprint density at radius 3 is 1.57 bits per heavy atom. The molecule has 136 valence electrons. The van der Waals surface area contributed by atoms with Gasteiger partial charge in [-0.05, 0) is 106 Å². The van der Waals surface area contributed by atoms with Crippen molar-refractivity contribution < 1.29 is 0 Å². The molecule has 0 radical (unpaired) electrons. The van der Waals surface area contributed by atoms with E-state index in [0.29, 0.717) is 0 Å². The number of aromatic nitrogens is 1. The third kappa shape index (κ3) is 1.29. The molecule has 8 aromatic carbocycles. The highest BCUT2D eigenvalue weighted by atomic mass is 14.9. The van der Waals surface area contributed by atoms with Crippen LogP contribution in [-0.4, -0.2) is 4.57 Å². The van der Waals surface area contributed by atoms with Crippen molar-refractivity contribution in [2.75, 3.05) is 0 Å². The molecule has 1 aromatic heterocycles. The summed E-state index contributed by atoms with van der Waals surface area (Å²) in [5, 5.41) is 21.1. The van der Waals surface area contributed by atoms with Crippen molar-refractivity contribution in [2.24, 2.45) is 7.05 Å². The van der Waals surface area contributed by atoms with E-state index in [1.165, 1.54) is 86.3 Å². The molecule has 0 aliphatic heterocycles. The normalized spacial score (nSPS) is 13.5. The van der Waals surface area contributed by atoms with Crippen LogP contribution in [0.2, 0.25) is 0 Å². The molecule has 0 atom stereocenters. The van der Waals surface area contributed by atoms with Crippen LogP contribution in [0.5, 0.6) is 0 Å². The molecule has 1 heterocycles. The number of aryl methyl sites for hydroxylation is 1. The molecule has 0 saturated carbocycles. The van der Waals surface area contributed by atoms with Gasteiger partial charge >= 0.3 is 0 Å². The summed E-state index contributed by atoms with van der Waals surface area (Å²) in [6.45, 7) is 0. The van der Waals surface area contributed by atoms with Gasteiger partial charge in [0.05, 0.1) is 0 Å². The number of rotatable bonds is 0. The summed E-state index contributed by atoms with van der Waals surface area (Å²) < 4.78 is 2.23. The number of fused-ring (bicyclic) bond motifs is 4. The molecule has 0 amide bonds. The molecule has 9 rings (SSSR count). The van der Waals surface area contributed by atoms with Crippen LogP contribution in [-0.2, 0) is 7.05 Å². The van der Waals surface area contributed by atoms with Crippen molar-refractivity contribution in [3.63, 3.8) is 0 Å². The van der Waals surface area contributed by atoms with Crippen molar-refractivity contribution in [3.05, 3.63) is 72.9 Å². The van der Waals surface area contributed by atoms with E-state index >= 15 is 0 Å². The smallest absolute Gasteiger partial charge is 0.0484 e. The van der Waals surface area contributed by atoms with Gasteiger partial charge < -0.3 is 4.57 Å². The SMILES string of the molecule is Cn1ccc2cc3c(cc21)c1cc2ccc4ccc5ccc6cc3c1c1c6c5c4c21. The fourth-order valence-corrected chi connectivity index (χ4v) is 6.48. The molecule has 1 heteroatoms. The number of benzene rings is 6. The van der Waals surface area contributed by atoms with Crippen LogP contribution in [0.25, 0.3) is 86.3 Å². The standard InChI is InChI=1S/C29H15N/c1-30-9-8-16-10-19-20(13-23(16)30)22-12-18-7-5-15-3-2-14-4-6-17-11-21(19)28(22)29-26(17)24(14)25(15)27(18)29/h2-13H,1H3. The molecular weight excluding hydrogens is 362 g/mol. The highest BCUT2D eigenvalue weighted by molar-refractivity contribution is 6.50. The largest absolute Gasteiger partial charge is 0.351 e. The predicted molar refractivity (Wildman–Crippen MR) is 130 cm³/mol. The Hall–Kier alpha value is -3.84. The fraction of sp³-hybridized carbons (Fsp3) is 0.0345. The van der Waals surface area contributed by atoms with Gasteiger partial charge in [0.2, 0.25) is 0 Å². The summed E-state index contributed by atoms with van der Waals surface area (Å²) in [6, 6.07) is 25.7. The van der Waals surface area contributed by atoms with E-state index in [1.54, 1.807) is 0 Å². The summed E-state index contributed by atoms with van der Waals surface area (Å²) in [4.78, 5) is 0. The molecule has 0 aliphatic rings. The van der Waals surface area contributed by atoms with E-state index in [1.807, 2.05) is 0 Å². The summed E-state index contributed by atoms with van der Waals surface area (Å²) in [5.41, 5.74) is 1.30. The van der Waals surface area contributed by atoms with Gasteiger partial charge in [-0.2, -0.15) is 0 Å². The van der Waals surface area contributed by atoms with Crippen molar-refractivity contribution >= 4 is 86.3 Å².